The largest absolute Gasteiger partial charge is 0.466 e. The summed E-state index contributed by atoms with van der Waals surface area (Å²) in [5.41, 5.74) is 6.61. The van der Waals surface area contributed by atoms with Crippen LogP contribution in [0.1, 0.15) is 30.4 Å². The van der Waals surface area contributed by atoms with E-state index in [0.29, 0.717) is 11.7 Å². The van der Waals surface area contributed by atoms with Crippen LogP contribution < -0.4 is 5.73 Å². The Morgan fingerprint density at radius 3 is 2.53 bits per heavy atom. The fourth-order valence-corrected chi connectivity index (χ4v) is 1.50. The summed E-state index contributed by atoms with van der Waals surface area (Å²) in [4.78, 5) is 4.11. The first-order valence-corrected chi connectivity index (χ1v) is 4.86. The highest BCUT2D eigenvalue weighted by Crippen LogP contribution is 2.27. The number of furan rings is 1. The number of hydrogen-bond acceptors (Lipinski definition) is 4. The van der Waals surface area contributed by atoms with E-state index in [0.717, 1.165) is 17.1 Å². The van der Waals surface area contributed by atoms with Crippen molar-refractivity contribution in [2.75, 3.05) is 0 Å². The minimum atomic E-state index is -0.188. The second-order valence-corrected chi connectivity index (χ2v) is 3.68. The van der Waals surface area contributed by atoms with Gasteiger partial charge in [-0.2, -0.15) is 0 Å². The standard InChI is InChI=1S/C11H14N2O2/c1-6-4-9(8(3)14-6)10-5-13-11(15-10)7(2)12/h4-5,7H,12H2,1-3H3. The van der Waals surface area contributed by atoms with E-state index in [1.54, 1.807) is 6.20 Å². The molecule has 1 atom stereocenters. The van der Waals surface area contributed by atoms with E-state index >= 15 is 0 Å². The van der Waals surface area contributed by atoms with E-state index in [1.807, 2.05) is 26.8 Å². The number of nitrogens with two attached hydrogens (primary N) is 1. The molecular weight excluding hydrogens is 192 g/mol. The van der Waals surface area contributed by atoms with Crippen molar-refractivity contribution < 1.29 is 8.83 Å². The summed E-state index contributed by atoms with van der Waals surface area (Å²) in [6, 6.07) is 1.74. The van der Waals surface area contributed by atoms with Gasteiger partial charge in [0, 0.05) is 0 Å². The lowest BCUT2D eigenvalue weighted by Crippen LogP contribution is -2.04. The smallest absolute Gasteiger partial charge is 0.211 e. The first-order chi connectivity index (χ1) is 7.08. The summed E-state index contributed by atoms with van der Waals surface area (Å²) in [7, 11) is 0. The molecule has 80 valence electrons. The summed E-state index contributed by atoms with van der Waals surface area (Å²) < 4.78 is 10.9. The van der Waals surface area contributed by atoms with Crippen LogP contribution >= 0.6 is 0 Å². The average molecular weight is 206 g/mol. The highest BCUT2D eigenvalue weighted by molar-refractivity contribution is 5.59. The molecule has 0 spiro atoms. The normalized spacial score (nSPS) is 13.1. The maximum atomic E-state index is 5.67. The second kappa shape index (κ2) is 3.55. The third-order valence-electron chi connectivity index (χ3n) is 2.22. The molecule has 0 saturated heterocycles. The van der Waals surface area contributed by atoms with Gasteiger partial charge in [-0.15, -0.1) is 0 Å². The van der Waals surface area contributed by atoms with Crippen LogP contribution in [0.25, 0.3) is 11.3 Å². The number of aryl methyl sites for hydroxylation is 2. The van der Waals surface area contributed by atoms with Crippen molar-refractivity contribution >= 4 is 0 Å². The lowest BCUT2D eigenvalue weighted by Gasteiger charge is -1.96. The quantitative estimate of drug-likeness (QED) is 0.820. The first kappa shape index (κ1) is 9.98. The Morgan fingerprint density at radius 1 is 1.33 bits per heavy atom. The number of oxazole rings is 1. The maximum Gasteiger partial charge on any atom is 0.211 e. The van der Waals surface area contributed by atoms with Crippen molar-refractivity contribution in [3.05, 3.63) is 29.7 Å². The highest BCUT2D eigenvalue weighted by Gasteiger charge is 2.13. The summed E-state index contributed by atoms with van der Waals surface area (Å²) in [6.45, 7) is 5.64. The summed E-state index contributed by atoms with van der Waals surface area (Å²) in [5, 5.41) is 0. The molecule has 0 bridgehead atoms. The van der Waals surface area contributed by atoms with Gasteiger partial charge in [0.25, 0.3) is 0 Å². The number of hydrogen-bond donors (Lipinski definition) is 1. The van der Waals surface area contributed by atoms with Gasteiger partial charge in [-0.05, 0) is 26.8 Å². The third kappa shape index (κ3) is 1.80. The molecule has 4 heteroatoms. The number of nitrogens with zero attached hydrogens (tertiary/aromatic N) is 1. The average Bonchev–Trinajstić information content (AvgIpc) is 2.71. The van der Waals surface area contributed by atoms with Crippen molar-refractivity contribution in [1.29, 1.82) is 0 Å². The molecule has 2 rings (SSSR count). The Labute approximate surface area is 88.1 Å². The van der Waals surface area contributed by atoms with Crippen LogP contribution in [0.2, 0.25) is 0 Å². The SMILES string of the molecule is Cc1cc(-c2cnc(C(C)N)o2)c(C)o1. The van der Waals surface area contributed by atoms with Gasteiger partial charge < -0.3 is 14.6 Å². The predicted octanol–water partition coefficient (Wildman–Crippen LogP) is 2.57. The van der Waals surface area contributed by atoms with Crippen LogP contribution in [-0.4, -0.2) is 4.98 Å². The van der Waals surface area contributed by atoms with Crippen LogP contribution in [-0.2, 0) is 0 Å². The van der Waals surface area contributed by atoms with Gasteiger partial charge in [0.2, 0.25) is 5.89 Å². The van der Waals surface area contributed by atoms with Gasteiger partial charge in [0.1, 0.15) is 11.5 Å². The van der Waals surface area contributed by atoms with Crippen molar-refractivity contribution in [3.8, 4) is 11.3 Å². The Kier molecular flexibility index (Phi) is 2.36. The van der Waals surface area contributed by atoms with E-state index in [1.165, 1.54) is 0 Å². The van der Waals surface area contributed by atoms with Crippen LogP contribution in [0, 0.1) is 13.8 Å². The highest BCUT2D eigenvalue weighted by atomic mass is 16.4. The fraction of sp³-hybridized carbons (Fsp3) is 0.364. The van der Waals surface area contributed by atoms with Crippen LogP contribution in [0.3, 0.4) is 0 Å². The molecule has 0 fully saturated rings. The van der Waals surface area contributed by atoms with E-state index in [-0.39, 0.29) is 6.04 Å². The zero-order chi connectivity index (χ0) is 11.0. The molecule has 0 amide bonds. The molecule has 2 heterocycles. The zero-order valence-corrected chi connectivity index (χ0v) is 9.07. The molecule has 0 aliphatic heterocycles. The van der Waals surface area contributed by atoms with Crippen molar-refractivity contribution in [2.45, 2.75) is 26.8 Å². The Balaban J connectivity index is 2.41. The summed E-state index contributed by atoms with van der Waals surface area (Å²) in [6.07, 6.45) is 1.68. The molecule has 0 aromatic carbocycles. The van der Waals surface area contributed by atoms with Gasteiger partial charge in [-0.25, -0.2) is 4.98 Å². The molecule has 1 unspecified atom stereocenters. The summed E-state index contributed by atoms with van der Waals surface area (Å²) >= 11 is 0. The monoisotopic (exact) mass is 206 g/mol. The van der Waals surface area contributed by atoms with Gasteiger partial charge in [0.05, 0.1) is 17.8 Å². The van der Waals surface area contributed by atoms with E-state index < -0.39 is 0 Å². The zero-order valence-electron chi connectivity index (χ0n) is 9.07. The fourth-order valence-electron chi connectivity index (χ4n) is 1.50. The van der Waals surface area contributed by atoms with E-state index in [4.69, 9.17) is 14.6 Å². The Morgan fingerprint density at radius 2 is 2.07 bits per heavy atom. The lowest BCUT2D eigenvalue weighted by molar-refractivity contribution is 0.470. The van der Waals surface area contributed by atoms with E-state index in [2.05, 4.69) is 4.98 Å². The molecule has 2 N–H and O–H groups in total. The summed E-state index contributed by atoms with van der Waals surface area (Å²) in [5.74, 6) is 2.95. The lowest BCUT2D eigenvalue weighted by atomic mass is 10.2. The Bertz CT molecular complexity index is 469. The molecule has 0 aliphatic rings. The van der Waals surface area contributed by atoms with Gasteiger partial charge >= 0.3 is 0 Å². The van der Waals surface area contributed by atoms with Crippen molar-refractivity contribution in [3.63, 3.8) is 0 Å². The number of aromatic nitrogens is 1. The molecule has 15 heavy (non-hydrogen) atoms. The van der Waals surface area contributed by atoms with Crippen molar-refractivity contribution in [1.82, 2.24) is 4.98 Å². The van der Waals surface area contributed by atoms with Gasteiger partial charge in [-0.1, -0.05) is 0 Å². The minimum Gasteiger partial charge on any atom is -0.466 e. The molecule has 0 saturated carbocycles. The molecule has 2 aromatic heterocycles. The van der Waals surface area contributed by atoms with Gasteiger partial charge in [-0.3, -0.25) is 0 Å². The molecule has 2 aromatic rings. The van der Waals surface area contributed by atoms with Crippen LogP contribution in [0.5, 0.6) is 0 Å². The molecule has 0 radical (unpaired) electrons. The predicted molar refractivity (Wildman–Crippen MR) is 56.3 cm³/mol. The molecular formula is C11H14N2O2. The topological polar surface area (TPSA) is 65.2 Å². The number of rotatable bonds is 2. The van der Waals surface area contributed by atoms with Crippen LogP contribution in [0.4, 0.5) is 0 Å². The molecule has 4 nitrogen and oxygen atoms in total. The van der Waals surface area contributed by atoms with Crippen molar-refractivity contribution in [2.24, 2.45) is 5.73 Å². The second-order valence-electron chi connectivity index (χ2n) is 3.68. The molecule has 0 aliphatic carbocycles. The first-order valence-electron chi connectivity index (χ1n) is 4.86. The van der Waals surface area contributed by atoms with E-state index in [9.17, 15) is 0 Å². The van der Waals surface area contributed by atoms with Gasteiger partial charge in [0.15, 0.2) is 5.76 Å². The third-order valence-corrected chi connectivity index (χ3v) is 2.22. The van der Waals surface area contributed by atoms with Crippen LogP contribution in [0.15, 0.2) is 21.1 Å². The Hall–Kier alpha value is -1.55. The maximum absolute atomic E-state index is 5.67. The minimum absolute atomic E-state index is 0.188.